The van der Waals surface area contributed by atoms with Gasteiger partial charge in [0.15, 0.2) is 0 Å². The molecular formula is C10H23NO. The molecule has 0 radical (unpaired) electrons. The van der Waals surface area contributed by atoms with Crippen LogP contribution in [-0.4, -0.2) is 35.2 Å². The Hall–Kier alpha value is -0.0800. The summed E-state index contributed by atoms with van der Waals surface area (Å²) in [5.74, 6) is 0. The van der Waals surface area contributed by atoms with E-state index in [1.54, 1.807) is 0 Å². The van der Waals surface area contributed by atoms with Crippen LogP contribution in [0.2, 0.25) is 0 Å². The van der Waals surface area contributed by atoms with E-state index in [1.165, 1.54) is 6.42 Å². The van der Waals surface area contributed by atoms with Crippen LogP contribution in [0.1, 0.15) is 40.5 Å². The largest absolute Gasteiger partial charge is 0.395 e. The van der Waals surface area contributed by atoms with Crippen LogP contribution in [-0.2, 0) is 0 Å². The van der Waals surface area contributed by atoms with Gasteiger partial charge in [0.2, 0.25) is 0 Å². The molecule has 0 aliphatic carbocycles. The zero-order chi connectivity index (χ0) is 9.78. The van der Waals surface area contributed by atoms with Gasteiger partial charge in [0, 0.05) is 11.6 Å². The summed E-state index contributed by atoms with van der Waals surface area (Å²) in [5, 5.41) is 8.93. The Labute approximate surface area is 76.6 Å². The highest BCUT2D eigenvalue weighted by Gasteiger charge is 2.35. The van der Waals surface area contributed by atoms with Crippen molar-refractivity contribution in [2.24, 2.45) is 0 Å². The monoisotopic (exact) mass is 173 g/mol. The summed E-state index contributed by atoms with van der Waals surface area (Å²) < 4.78 is 0. The third kappa shape index (κ3) is 2.46. The first kappa shape index (κ1) is 11.9. The number of hydrogen-bond donors (Lipinski definition) is 1. The average Bonchev–Trinajstić information content (AvgIpc) is 2.32. The molecule has 1 atom stereocenters. The number of aliphatic hydroxyl groups is 1. The van der Waals surface area contributed by atoms with Crippen molar-refractivity contribution < 1.29 is 5.11 Å². The van der Waals surface area contributed by atoms with E-state index in [1.807, 2.05) is 13.8 Å². The molecule has 1 fully saturated rings. The summed E-state index contributed by atoms with van der Waals surface area (Å²) >= 11 is 0. The maximum absolute atomic E-state index is 8.93. The second-order valence-electron chi connectivity index (χ2n) is 3.80. The zero-order valence-electron chi connectivity index (χ0n) is 9.09. The number of hydrogen-bond acceptors (Lipinski definition) is 2. The molecule has 0 amide bonds. The summed E-state index contributed by atoms with van der Waals surface area (Å²) in [5.41, 5.74) is 0.299. The van der Waals surface area contributed by atoms with E-state index in [0.29, 0.717) is 18.2 Å². The third-order valence-corrected chi connectivity index (χ3v) is 2.80. The van der Waals surface area contributed by atoms with Crippen molar-refractivity contribution in [1.82, 2.24) is 4.90 Å². The van der Waals surface area contributed by atoms with E-state index in [0.717, 1.165) is 6.42 Å². The van der Waals surface area contributed by atoms with Crippen molar-refractivity contribution in [1.29, 1.82) is 0 Å². The molecule has 0 aromatic heterocycles. The van der Waals surface area contributed by atoms with E-state index >= 15 is 0 Å². The lowest BCUT2D eigenvalue weighted by atomic mass is 10.0. The predicted molar refractivity (Wildman–Crippen MR) is 53.3 cm³/mol. The van der Waals surface area contributed by atoms with Gasteiger partial charge in [-0.3, -0.25) is 4.90 Å². The van der Waals surface area contributed by atoms with Gasteiger partial charge in [0.1, 0.15) is 0 Å². The van der Waals surface area contributed by atoms with Crippen LogP contribution in [0.5, 0.6) is 0 Å². The van der Waals surface area contributed by atoms with Crippen LogP contribution in [0.15, 0.2) is 0 Å². The lowest BCUT2D eigenvalue weighted by Gasteiger charge is -2.30. The van der Waals surface area contributed by atoms with E-state index in [9.17, 15) is 0 Å². The quantitative estimate of drug-likeness (QED) is 0.654. The van der Waals surface area contributed by atoms with Gasteiger partial charge < -0.3 is 5.11 Å². The van der Waals surface area contributed by atoms with Crippen molar-refractivity contribution in [2.75, 3.05) is 13.7 Å². The molecular weight excluding hydrogens is 150 g/mol. The molecule has 12 heavy (non-hydrogen) atoms. The molecule has 1 rings (SSSR count). The summed E-state index contributed by atoms with van der Waals surface area (Å²) in [6.07, 6.45) is 2.34. The van der Waals surface area contributed by atoms with Gasteiger partial charge in [-0.25, -0.2) is 0 Å². The second kappa shape index (κ2) is 4.83. The molecule has 0 aromatic rings. The van der Waals surface area contributed by atoms with Crippen LogP contribution in [0, 0.1) is 0 Å². The molecule has 1 aliphatic heterocycles. The van der Waals surface area contributed by atoms with Gasteiger partial charge >= 0.3 is 0 Å². The summed E-state index contributed by atoms with van der Waals surface area (Å²) in [6.45, 7) is 8.76. The van der Waals surface area contributed by atoms with Crippen molar-refractivity contribution in [3.63, 3.8) is 0 Å². The van der Waals surface area contributed by atoms with Gasteiger partial charge in [-0.05, 0) is 33.7 Å². The molecule has 0 bridgehead atoms. The minimum atomic E-state index is 0.299. The van der Waals surface area contributed by atoms with Crippen LogP contribution in [0.25, 0.3) is 0 Å². The van der Waals surface area contributed by atoms with E-state index in [4.69, 9.17) is 5.11 Å². The highest BCUT2D eigenvalue weighted by molar-refractivity contribution is 4.91. The second-order valence-corrected chi connectivity index (χ2v) is 3.80. The van der Waals surface area contributed by atoms with Crippen LogP contribution >= 0.6 is 0 Å². The molecule has 0 spiro atoms. The normalized spacial score (nSPS) is 28.0. The van der Waals surface area contributed by atoms with Gasteiger partial charge in [-0.2, -0.15) is 0 Å². The fourth-order valence-corrected chi connectivity index (χ4v) is 1.60. The van der Waals surface area contributed by atoms with Gasteiger partial charge in [-0.1, -0.05) is 13.8 Å². The summed E-state index contributed by atoms with van der Waals surface area (Å²) in [4.78, 5) is 2.27. The van der Waals surface area contributed by atoms with E-state index in [2.05, 4.69) is 25.8 Å². The smallest absolute Gasteiger partial charge is 0.0586 e. The number of aliphatic hydroxyl groups excluding tert-OH is 1. The molecule has 1 unspecified atom stereocenters. The van der Waals surface area contributed by atoms with Crippen molar-refractivity contribution in [2.45, 2.75) is 52.1 Å². The van der Waals surface area contributed by atoms with Gasteiger partial charge in [0.05, 0.1) is 6.61 Å². The molecule has 2 nitrogen and oxygen atoms in total. The van der Waals surface area contributed by atoms with Crippen molar-refractivity contribution >= 4 is 0 Å². The average molecular weight is 173 g/mol. The molecule has 2 heteroatoms. The zero-order valence-corrected chi connectivity index (χ0v) is 9.09. The molecule has 0 saturated carbocycles. The molecule has 1 saturated heterocycles. The van der Waals surface area contributed by atoms with Crippen molar-refractivity contribution in [3.05, 3.63) is 0 Å². The lowest BCUT2D eigenvalue weighted by molar-refractivity contribution is 0.118. The Kier molecular flexibility index (Phi) is 4.80. The Balaban J connectivity index is 0.000000561. The maximum Gasteiger partial charge on any atom is 0.0586 e. The lowest BCUT2D eigenvalue weighted by Crippen LogP contribution is -2.40. The van der Waals surface area contributed by atoms with Gasteiger partial charge in [-0.15, -0.1) is 0 Å². The SMILES string of the molecule is CC.CN1C(CO)CCC1(C)C. The number of rotatable bonds is 1. The van der Waals surface area contributed by atoms with E-state index < -0.39 is 0 Å². The third-order valence-electron chi connectivity index (χ3n) is 2.80. The molecule has 1 heterocycles. The van der Waals surface area contributed by atoms with Crippen LogP contribution in [0.4, 0.5) is 0 Å². The molecule has 74 valence electrons. The first-order valence-electron chi connectivity index (χ1n) is 4.92. The fourth-order valence-electron chi connectivity index (χ4n) is 1.60. The maximum atomic E-state index is 8.93. The fraction of sp³-hybridized carbons (Fsp3) is 1.00. The minimum Gasteiger partial charge on any atom is -0.395 e. The highest BCUT2D eigenvalue weighted by atomic mass is 16.3. The van der Waals surface area contributed by atoms with Gasteiger partial charge in [0.25, 0.3) is 0 Å². The molecule has 1 aliphatic rings. The van der Waals surface area contributed by atoms with Crippen LogP contribution in [0.3, 0.4) is 0 Å². The van der Waals surface area contributed by atoms with Crippen LogP contribution < -0.4 is 0 Å². The predicted octanol–water partition coefficient (Wildman–Crippen LogP) is 1.88. The molecule has 1 N–H and O–H groups in total. The Bertz CT molecular complexity index is 123. The summed E-state index contributed by atoms with van der Waals surface area (Å²) in [6, 6.07) is 0.398. The first-order valence-corrected chi connectivity index (χ1v) is 4.92. The number of likely N-dealkylation sites (tertiary alicyclic amines) is 1. The highest BCUT2D eigenvalue weighted by Crippen LogP contribution is 2.30. The standard InChI is InChI=1S/C8H17NO.C2H6/c1-8(2)5-4-7(6-10)9(8)3;1-2/h7,10H,4-6H2,1-3H3;1-2H3. The van der Waals surface area contributed by atoms with E-state index in [-0.39, 0.29) is 0 Å². The first-order chi connectivity index (χ1) is 5.58. The Morgan fingerprint density at radius 1 is 1.42 bits per heavy atom. The number of nitrogens with zero attached hydrogens (tertiary/aromatic N) is 1. The topological polar surface area (TPSA) is 23.5 Å². The van der Waals surface area contributed by atoms with Crippen molar-refractivity contribution in [3.8, 4) is 0 Å². The summed E-state index contributed by atoms with van der Waals surface area (Å²) in [7, 11) is 2.09. The number of likely N-dealkylation sites (N-methyl/N-ethyl adjacent to an activating group) is 1. The minimum absolute atomic E-state index is 0.299. The Morgan fingerprint density at radius 3 is 2.08 bits per heavy atom. The molecule has 0 aromatic carbocycles. The Morgan fingerprint density at radius 2 is 1.92 bits per heavy atom.